The van der Waals surface area contributed by atoms with Crippen molar-refractivity contribution >= 4 is 11.0 Å². The molecule has 0 aliphatic carbocycles. The number of rotatable bonds is 7. The van der Waals surface area contributed by atoms with Crippen molar-refractivity contribution in [3.63, 3.8) is 0 Å². The van der Waals surface area contributed by atoms with Crippen LogP contribution in [0.15, 0.2) is 53.5 Å². The Kier molecular flexibility index (Phi) is 5.61. The largest absolute Gasteiger partial charge is 0.493 e. The SMILES string of the molecule is CCCOc1ccccc1-c1nc2c(CCC)n(-c3ccccn3)nc2c(=O)n1C. The van der Waals surface area contributed by atoms with Crippen LogP contribution in [-0.2, 0) is 13.5 Å². The highest BCUT2D eigenvalue weighted by molar-refractivity contribution is 5.80. The predicted octanol–water partition coefficient (Wildman–Crippen LogP) is 3.92. The van der Waals surface area contributed by atoms with Crippen molar-refractivity contribution in [3.8, 4) is 23.0 Å². The Bertz CT molecular complexity index is 1230. The van der Waals surface area contributed by atoms with Gasteiger partial charge in [0.1, 0.15) is 17.1 Å². The molecule has 3 aromatic heterocycles. The Morgan fingerprint density at radius 1 is 1.00 bits per heavy atom. The van der Waals surface area contributed by atoms with E-state index in [2.05, 4.69) is 23.9 Å². The lowest BCUT2D eigenvalue weighted by Crippen LogP contribution is -2.20. The molecule has 0 bridgehead atoms. The lowest BCUT2D eigenvalue weighted by Gasteiger charge is -2.13. The molecule has 0 saturated heterocycles. The van der Waals surface area contributed by atoms with Crippen LogP contribution in [-0.4, -0.2) is 30.9 Å². The van der Waals surface area contributed by atoms with E-state index in [0.717, 1.165) is 36.3 Å². The van der Waals surface area contributed by atoms with Gasteiger partial charge in [0.2, 0.25) is 0 Å². The molecule has 0 N–H and O–H groups in total. The number of pyridine rings is 1. The van der Waals surface area contributed by atoms with Crippen LogP contribution >= 0.6 is 0 Å². The molecule has 4 rings (SSSR count). The van der Waals surface area contributed by atoms with Gasteiger partial charge in [-0.3, -0.25) is 9.36 Å². The maximum Gasteiger partial charge on any atom is 0.281 e. The fraction of sp³-hybridized carbons (Fsp3) is 0.304. The third-order valence-corrected chi connectivity index (χ3v) is 4.94. The van der Waals surface area contributed by atoms with Gasteiger partial charge in [0, 0.05) is 13.2 Å². The number of fused-ring (bicyclic) bond motifs is 1. The Hall–Kier alpha value is -3.48. The van der Waals surface area contributed by atoms with E-state index in [4.69, 9.17) is 9.72 Å². The summed E-state index contributed by atoms with van der Waals surface area (Å²) in [5.74, 6) is 1.96. The minimum absolute atomic E-state index is 0.188. The number of hydrogen-bond acceptors (Lipinski definition) is 5. The van der Waals surface area contributed by atoms with Crippen molar-refractivity contribution in [1.82, 2.24) is 24.3 Å². The smallest absolute Gasteiger partial charge is 0.281 e. The van der Waals surface area contributed by atoms with Gasteiger partial charge in [0.05, 0.1) is 17.9 Å². The van der Waals surface area contributed by atoms with Gasteiger partial charge in [-0.05, 0) is 37.1 Å². The molecule has 4 aromatic rings. The minimum Gasteiger partial charge on any atom is -0.493 e. The molecule has 154 valence electrons. The Labute approximate surface area is 175 Å². The summed E-state index contributed by atoms with van der Waals surface area (Å²) in [5.41, 5.74) is 2.46. The quantitative estimate of drug-likeness (QED) is 0.467. The number of nitrogens with zero attached hydrogens (tertiary/aromatic N) is 5. The summed E-state index contributed by atoms with van der Waals surface area (Å²) in [4.78, 5) is 22.6. The zero-order valence-electron chi connectivity index (χ0n) is 17.5. The molecule has 1 aromatic carbocycles. The maximum atomic E-state index is 13.2. The first-order chi connectivity index (χ1) is 14.7. The van der Waals surface area contributed by atoms with E-state index in [1.54, 1.807) is 22.5 Å². The predicted molar refractivity (Wildman–Crippen MR) is 117 cm³/mol. The summed E-state index contributed by atoms with van der Waals surface area (Å²) >= 11 is 0. The average Bonchev–Trinajstić information content (AvgIpc) is 3.14. The summed E-state index contributed by atoms with van der Waals surface area (Å²) in [5, 5.41) is 4.60. The van der Waals surface area contributed by atoms with Crippen LogP contribution in [0.4, 0.5) is 0 Å². The molecule has 7 heteroatoms. The lowest BCUT2D eigenvalue weighted by molar-refractivity contribution is 0.318. The number of aryl methyl sites for hydroxylation is 1. The van der Waals surface area contributed by atoms with Crippen LogP contribution in [0.5, 0.6) is 5.75 Å². The van der Waals surface area contributed by atoms with Gasteiger partial charge in [-0.15, -0.1) is 0 Å². The van der Waals surface area contributed by atoms with Crippen molar-refractivity contribution in [2.75, 3.05) is 6.61 Å². The van der Waals surface area contributed by atoms with E-state index < -0.39 is 0 Å². The third kappa shape index (κ3) is 3.47. The second-order valence-corrected chi connectivity index (χ2v) is 7.14. The van der Waals surface area contributed by atoms with Crippen molar-refractivity contribution in [2.24, 2.45) is 7.05 Å². The molecule has 0 aliphatic rings. The molecule has 30 heavy (non-hydrogen) atoms. The number of hydrogen-bond donors (Lipinski definition) is 0. The Morgan fingerprint density at radius 3 is 2.53 bits per heavy atom. The molecule has 3 heterocycles. The van der Waals surface area contributed by atoms with Crippen molar-refractivity contribution in [2.45, 2.75) is 33.1 Å². The molecule has 0 fully saturated rings. The van der Waals surface area contributed by atoms with Gasteiger partial charge in [0.15, 0.2) is 11.3 Å². The molecule has 0 atom stereocenters. The second kappa shape index (κ2) is 8.49. The number of ether oxygens (including phenoxy) is 1. The van der Waals surface area contributed by atoms with E-state index in [9.17, 15) is 4.79 Å². The van der Waals surface area contributed by atoms with E-state index >= 15 is 0 Å². The van der Waals surface area contributed by atoms with Gasteiger partial charge in [0.25, 0.3) is 5.56 Å². The fourth-order valence-electron chi connectivity index (χ4n) is 3.50. The molecule has 0 amide bonds. The van der Waals surface area contributed by atoms with Gasteiger partial charge in [-0.1, -0.05) is 38.5 Å². The summed E-state index contributed by atoms with van der Waals surface area (Å²) in [6.07, 6.45) is 4.25. The first-order valence-corrected chi connectivity index (χ1v) is 10.3. The molecule has 0 saturated carbocycles. The monoisotopic (exact) mass is 403 g/mol. The summed E-state index contributed by atoms with van der Waals surface area (Å²) in [7, 11) is 1.72. The fourth-order valence-corrected chi connectivity index (χ4v) is 3.50. The van der Waals surface area contributed by atoms with Crippen LogP contribution < -0.4 is 10.3 Å². The van der Waals surface area contributed by atoms with Gasteiger partial charge >= 0.3 is 0 Å². The van der Waals surface area contributed by atoms with Crippen LogP contribution in [0.2, 0.25) is 0 Å². The van der Waals surface area contributed by atoms with Gasteiger partial charge < -0.3 is 4.74 Å². The molecule has 0 spiro atoms. The summed E-state index contributed by atoms with van der Waals surface area (Å²) in [6.45, 7) is 4.76. The highest BCUT2D eigenvalue weighted by Crippen LogP contribution is 2.29. The Morgan fingerprint density at radius 2 is 1.80 bits per heavy atom. The topological polar surface area (TPSA) is 74.8 Å². The lowest BCUT2D eigenvalue weighted by atomic mass is 10.1. The third-order valence-electron chi connectivity index (χ3n) is 4.94. The van der Waals surface area contributed by atoms with Crippen molar-refractivity contribution < 1.29 is 4.74 Å². The summed E-state index contributed by atoms with van der Waals surface area (Å²) in [6, 6.07) is 13.3. The molecule has 0 radical (unpaired) electrons. The number of para-hydroxylation sites is 1. The molecular formula is C23H25N5O2. The maximum absolute atomic E-state index is 13.2. The molecular weight excluding hydrogens is 378 g/mol. The zero-order chi connectivity index (χ0) is 21.1. The normalized spacial score (nSPS) is 11.2. The second-order valence-electron chi connectivity index (χ2n) is 7.14. The van der Waals surface area contributed by atoms with E-state index in [0.29, 0.717) is 29.3 Å². The average molecular weight is 403 g/mol. The van der Waals surface area contributed by atoms with Crippen LogP contribution in [0.1, 0.15) is 32.4 Å². The highest BCUT2D eigenvalue weighted by atomic mass is 16.5. The highest BCUT2D eigenvalue weighted by Gasteiger charge is 2.21. The van der Waals surface area contributed by atoms with Crippen molar-refractivity contribution in [1.29, 1.82) is 0 Å². The summed E-state index contributed by atoms with van der Waals surface area (Å²) < 4.78 is 9.20. The van der Waals surface area contributed by atoms with Crippen LogP contribution in [0.25, 0.3) is 28.2 Å². The van der Waals surface area contributed by atoms with Crippen molar-refractivity contribution in [3.05, 3.63) is 64.7 Å². The van der Waals surface area contributed by atoms with Crippen LogP contribution in [0, 0.1) is 0 Å². The van der Waals surface area contributed by atoms with E-state index in [1.807, 2.05) is 42.5 Å². The van der Waals surface area contributed by atoms with Gasteiger partial charge in [-0.25, -0.2) is 14.6 Å². The number of benzene rings is 1. The first kappa shape index (κ1) is 19.8. The van der Waals surface area contributed by atoms with Gasteiger partial charge in [-0.2, -0.15) is 5.10 Å². The van der Waals surface area contributed by atoms with Crippen LogP contribution in [0.3, 0.4) is 0 Å². The zero-order valence-corrected chi connectivity index (χ0v) is 17.5. The standard InChI is InChI=1S/C23H25N5O2/c1-4-10-17-20-21(26-28(17)19-13-8-9-14-24-19)23(29)27(3)22(25-20)16-11-6-7-12-18(16)30-15-5-2/h6-9,11-14H,4-5,10,15H2,1-3H3. The number of aromatic nitrogens is 5. The minimum atomic E-state index is -0.188. The van der Waals surface area contributed by atoms with E-state index in [-0.39, 0.29) is 5.56 Å². The molecule has 7 nitrogen and oxygen atoms in total. The first-order valence-electron chi connectivity index (χ1n) is 10.3. The van der Waals surface area contributed by atoms with E-state index in [1.165, 1.54) is 0 Å². The molecule has 0 unspecified atom stereocenters. The molecule has 0 aliphatic heterocycles. The Balaban J connectivity index is 1.98.